The quantitative estimate of drug-likeness (QED) is 0.772. The van der Waals surface area contributed by atoms with Gasteiger partial charge in [0.2, 0.25) is 0 Å². The van der Waals surface area contributed by atoms with Gasteiger partial charge in [-0.2, -0.15) is 0 Å². The third kappa shape index (κ3) is 3.32. The maximum Gasteiger partial charge on any atom is 0.258 e. The molecule has 1 atom stereocenters. The number of carbonyl (C=O) groups excluding carboxylic acids is 1. The van der Waals surface area contributed by atoms with Crippen molar-refractivity contribution in [3.8, 4) is 5.75 Å². The Morgan fingerprint density at radius 3 is 2.76 bits per heavy atom. The molecule has 0 bridgehead atoms. The van der Waals surface area contributed by atoms with Crippen LogP contribution >= 0.6 is 0 Å². The summed E-state index contributed by atoms with van der Waals surface area (Å²) in [6.45, 7) is -0.155. The van der Waals surface area contributed by atoms with Crippen molar-refractivity contribution >= 4 is 37.7 Å². The lowest BCUT2D eigenvalue weighted by Crippen LogP contribution is -2.38. The van der Waals surface area contributed by atoms with Gasteiger partial charge in [-0.3, -0.25) is 4.79 Å². The Hall–Kier alpha value is -2.54. The molecule has 2 heterocycles. The number of carbonyl (C=O) groups is 1. The first-order valence-electron chi connectivity index (χ1n) is 8.04. The summed E-state index contributed by atoms with van der Waals surface area (Å²) in [5.41, 5.74) is 1.56. The minimum Gasteiger partial charge on any atom is -0.484 e. The average Bonchev–Trinajstić information content (AvgIpc) is 3.12. The smallest absolute Gasteiger partial charge is 0.258 e. The molecule has 25 heavy (non-hydrogen) atoms. The van der Waals surface area contributed by atoms with Gasteiger partial charge in [0, 0.05) is 16.8 Å². The van der Waals surface area contributed by atoms with Crippen molar-refractivity contribution in [2.45, 2.75) is 12.5 Å². The molecule has 1 aliphatic rings. The Morgan fingerprint density at radius 2 is 1.96 bits per heavy atom. The Morgan fingerprint density at radius 1 is 1.16 bits per heavy atom. The summed E-state index contributed by atoms with van der Waals surface area (Å²) < 4.78 is 34.1. The number of rotatable bonds is 4. The van der Waals surface area contributed by atoms with Crippen molar-refractivity contribution < 1.29 is 22.4 Å². The molecule has 1 amide bonds. The SMILES string of the molecule is O=C(COc1ccc2oc3ccccc3c2c1)N[C@@H]1CCS(=O)(=O)C1. The fourth-order valence-corrected chi connectivity index (χ4v) is 4.80. The molecular weight excluding hydrogens is 342 g/mol. The highest BCUT2D eigenvalue weighted by molar-refractivity contribution is 7.91. The van der Waals surface area contributed by atoms with E-state index in [9.17, 15) is 13.2 Å². The van der Waals surface area contributed by atoms with Crippen LogP contribution in [0.15, 0.2) is 46.9 Å². The fourth-order valence-electron chi connectivity index (χ4n) is 3.12. The van der Waals surface area contributed by atoms with Crippen LogP contribution in [0.4, 0.5) is 0 Å². The first-order valence-corrected chi connectivity index (χ1v) is 9.86. The summed E-state index contributed by atoms with van der Waals surface area (Å²) in [5.74, 6) is 0.377. The average molecular weight is 359 g/mol. The zero-order valence-electron chi connectivity index (χ0n) is 13.4. The predicted molar refractivity (Wildman–Crippen MR) is 94.4 cm³/mol. The van der Waals surface area contributed by atoms with Crippen LogP contribution in [-0.4, -0.2) is 38.5 Å². The Bertz CT molecular complexity index is 1050. The number of sulfone groups is 1. The van der Waals surface area contributed by atoms with Crippen molar-refractivity contribution in [1.82, 2.24) is 5.32 Å². The van der Waals surface area contributed by atoms with E-state index in [-0.39, 0.29) is 30.1 Å². The second-order valence-electron chi connectivity index (χ2n) is 6.21. The van der Waals surface area contributed by atoms with Crippen molar-refractivity contribution in [2.24, 2.45) is 0 Å². The molecule has 0 spiro atoms. The van der Waals surface area contributed by atoms with Gasteiger partial charge >= 0.3 is 0 Å². The largest absolute Gasteiger partial charge is 0.484 e. The molecule has 2 aromatic carbocycles. The van der Waals surface area contributed by atoms with Crippen LogP contribution in [0.2, 0.25) is 0 Å². The molecule has 7 heteroatoms. The van der Waals surface area contributed by atoms with E-state index in [1.54, 1.807) is 6.07 Å². The van der Waals surface area contributed by atoms with Crippen LogP contribution in [-0.2, 0) is 14.6 Å². The lowest BCUT2D eigenvalue weighted by atomic mass is 10.1. The molecule has 4 rings (SSSR count). The summed E-state index contributed by atoms with van der Waals surface area (Å²) in [7, 11) is -3.01. The van der Waals surface area contributed by atoms with E-state index in [1.807, 2.05) is 36.4 Å². The van der Waals surface area contributed by atoms with Crippen molar-refractivity contribution in [2.75, 3.05) is 18.1 Å². The highest BCUT2D eigenvalue weighted by Gasteiger charge is 2.28. The van der Waals surface area contributed by atoms with E-state index in [0.717, 1.165) is 21.9 Å². The van der Waals surface area contributed by atoms with Gasteiger partial charge in [0.05, 0.1) is 11.5 Å². The molecule has 6 nitrogen and oxygen atoms in total. The number of hydrogen-bond donors (Lipinski definition) is 1. The summed E-state index contributed by atoms with van der Waals surface area (Å²) in [6.07, 6.45) is 0.459. The van der Waals surface area contributed by atoms with E-state index in [0.29, 0.717) is 12.2 Å². The third-order valence-corrected chi connectivity index (χ3v) is 6.08. The summed E-state index contributed by atoms with van der Waals surface area (Å²) in [4.78, 5) is 12.0. The number of fused-ring (bicyclic) bond motifs is 3. The molecule has 3 aromatic rings. The van der Waals surface area contributed by atoms with Crippen molar-refractivity contribution in [3.63, 3.8) is 0 Å². The zero-order chi connectivity index (χ0) is 17.4. The molecular formula is C18H17NO5S. The molecule has 0 aliphatic carbocycles. The van der Waals surface area contributed by atoms with E-state index in [2.05, 4.69) is 5.32 Å². The minimum absolute atomic E-state index is 0.00566. The second-order valence-corrected chi connectivity index (χ2v) is 8.44. The summed E-state index contributed by atoms with van der Waals surface area (Å²) in [6, 6.07) is 12.8. The van der Waals surface area contributed by atoms with Crippen LogP contribution in [0, 0.1) is 0 Å². The number of para-hydroxylation sites is 1. The molecule has 1 fully saturated rings. The number of amides is 1. The van der Waals surface area contributed by atoms with Gasteiger partial charge in [0.1, 0.15) is 16.9 Å². The third-order valence-electron chi connectivity index (χ3n) is 4.32. The first kappa shape index (κ1) is 16.0. The van der Waals surface area contributed by atoms with Crippen molar-refractivity contribution in [3.05, 3.63) is 42.5 Å². The number of nitrogens with one attached hydrogen (secondary N) is 1. The molecule has 0 saturated carbocycles. The highest BCUT2D eigenvalue weighted by Crippen LogP contribution is 2.31. The summed E-state index contributed by atoms with van der Waals surface area (Å²) in [5, 5.41) is 4.62. The lowest BCUT2D eigenvalue weighted by molar-refractivity contribution is -0.123. The molecule has 1 aromatic heterocycles. The van der Waals surface area contributed by atoms with E-state index >= 15 is 0 Å². The molecule has 1 aliphatic heterocycles. The van der Waals surface area contributed by atoms with Gasteiger partial charge in [0.15, 0.2) is 16.4 Å². The van der Waals surface area contributed by atoms with Crippen LogP contribution in [0.5, 0.6) is 5.75 Å². The van der Waals surface area contributed by atoms with E-state index < -0.39 is 9.84 Å². The first-order chi connectivity index (χ1) is 12.0. The molecule has 1 N–H and O–H groups in total. The van der Waals surface area contributed by atoms with E-state index in [4.69, 9.17) is 9.15 Å². The van der Waals surface area contributed by atoms with Crippen LogP contribution < -0.4 is 10.1 Å². The topological polar surface area (TPSA) is 85.6 Å². The number of ether oxygens (including phenoxy) is 1. The molecule has 130 valence electrons. The normalized spacial score (nSPS) is 19.3. The molecule has 1 saturated heterocycles. The van der Waals surface area contributed by atoms with Gasteiger partial charge in [-0.1, -0.05) is 18.2 Å². The minimum atomic E-state index is -3.01. The van der Waals surface area contributed by atoms with Gasteiger partial charge in [-0.25, -0.2) is 8.42 Å². The van der Waals surface area contributed by atoms with Crippen LogP contribution in [0.1, 0.15) is 6.42 Å². The van der Waals surface area contributed by atoms with Gasteiger partial charge in [0.25, 0.3) is 5.91 Å². The Balaban J connectivity index is 1.44. The number of benzene rings is 2. The second kappa shape index (κ2) is 6.07. The lowest BCUT2D eigenvalue weighted by Gasteiger charge is -2.11. The fraction of sp³-hybridized carbons (Fsp3) is 0.278. The number of hydrogen-bond acceptors (Lipinski definition) is 5. The summed E-state index contributed by atoms with van der Waals surface area (Å²) >= 11 is 0. The van der Waals surface area contributed by atoms with E-state index in [1.165, 1.54) is 0 Å². The predicted octanol–water partition coefficient (Wildman–Crippen LogP) is 2.27. The van der Waals surface area contributed by atoms with Crippen molar-refractivity contribution in [1.29, 1.82) is 0 Å². The highest BCUT2D eigenvalue weighted by atomic mass is 32.2. The standard InChI is InChI=1S/C18H17NO5S/c20-18(19-12-7-8-25(21,22)11-12)10-23-13-5-6-17-15(9-13)14-3-1-2-4-16(14)24-17/h1-6,9,12H,7-8,10-11H2,(H,19,20)/t12-/m1/s1. The molecule has 0 unspecified atom stereocenters. The van der Waals surface area contributed by atoms with Gasteiger partial charge in [-0.15, -0.1) is 0 Å². The Labute approximate surface area is 144 Å². The van der Waals surface area contributed by atoms with Crippen LogP contribution in [0.25, 0.3) is 21.9 Å². The van der Waals surface area contributed by atoms with Gasteiger partial charge < -0.3 is 14.5 Å². The molecule has 0 radical (unpaired) electrons. The Kier molecular flexibility index (Phi) is 3.88. The number of furan rings is 1. The maximum atomic E-state index is 12.0. The van der Waals surface area contributed by atoms with Gasteiger partial charge in [-0.05, 0) is 30.7 Å². The zero-order valence-corrected chi connectivity index (χ0v) is 14.2. The monoisotopic (exact) mass is 359 g/mol. The maximum absolute atomic E-state index is 12.0. The van der Waals surface area contributed by atoms with Crippen LogP contribution in [0.3, 0.4) is 0 Å².